The van der Waals surface area contributed by atoms with Crippen molar-refractivity contribution in [1.29, 1.82) is 0 Å². The molecule has 59 heavy (non-hydrogen) atoms. The van der Waals surface area contributed by atoms with Gasteiger partial charge in [-0.25, -0.2) is 9.37 Å². The van der Waals surface area contributed by atoms with E-state index in [1.807, 2.05) is 18.7 Å². The van der Waals surface area contributed by atoms with Crippen molar-refractivity contribution in [1.82, 2.24) is 24.6 Å². The number of aliphatic hydroxyl groups excluding tert-OH is 1. The van der Waals surface area contributed by atoms with Gasteiger partial charge in [-0.15, -0.1) is 10.2 Å². The molecule has 0 amide bonds. The Morgan fingerprint density at radius 3 is 2.32 bits per heavy atom. The number of halogens is 1. The standard InChI is InChI=1S/C47H68FN5O6/c1-27(2)36-31(54)24-47(38(56)40-51-50-39(53(40)23-22-52(10)11)30-14-12-28(48)26-49-30)21-20-45(8)29(37(36)47)13-15-33-44(7)18-17-34(59-35(55)25-42(3,4)41(57)58)43(5,6)32(44)16-19-46(33,45)9/h12,14,26-27,29,32-34,38,56H,13,15-25H2,1-11H3,(H,57,58)/t29-,32+,33-,34+,38+,44+,45-,46-,47-/m1/s1. The average Bonchev–Trinajstić information content (AvgIpc) is 3.70. The van der Waals surface area contributed by atoms with Gasteiger partial charge in [-0.1, -0.05) is 48.5 Å². The van der Waals surface area contributed by atoms with E-state index in [1.165, 1.54) is 12.3 Å². The van der Waals surface area contributed by atoms with E-state index in [0.717, 1.165) is 56.1 Å². The summed E-state index contributed by atoms with van der Waals surface area (Å²) in [6.07, 6.45) is 7.01. The summed E-state index contributed by atoms with van der Waals surface area (Å²) < 4.78 is 22.1. The molecule has 2 N–H and O–H groups in total. The number of esters is 1. The molecule has 7 rings (SSSR count). The van der Waals surface area contributed by atoms with Crippen LogP contribution in [0, 0.1) is 62.0 Å². The van der Waals surface area contributed by atoms with Crippen molar-refractivity contribution < 1.29 is 33.7 Å². The van der Waals surface area contributed by atoms with Gasteiger partial charge in [0.1, 0.15) is 23.7 Å². The third kappa shape index (κ3) is 6.72. The number of likely N-dealkylation sites (N-methyl/N-ethyl adjacent to an activating group) is 1. The van der Waals surface area contributed by atoms with Crippen molar-refractivity contribution >= 4 is 17.7 Å². The largest absolute Gasteiger partial charge is 0.481 e. The normalized spacial score (nSPS) is 34.6. The Labute approximate surface area is 350 Å². The second kappa shape index (κ2) is 14.8. The number of pyridine rings is 1. The van der Waals surface area contributed by atoms with E-state index < -0.39 is 34.7 Å². The Balaban J connectivity index is 1.23. The second-order valence-corrected chi connectivity index (χ2v) is 21.7. The number of fused-ring (bicyclic) bond motifs is 7. The van der Waals surface area contributed by atoms with E-state index >= 15 is 0 Å². The number of Topliss-reactive ketones (excluding diaryl/α,β-unsaturated/α-hetero) is 1. The third-order valence-corrected chi connectivity index (χ3v) is 17.1. The summed E-state index contributed by atoms with van der Waals surface area (Å²) in [5.74, 6) is -0.0540. The fraction of sp³-hybridized carbons (Fsp3) is 0.745. The number of carboxylic acid groups (broad SMARTS) is 1. The van der Waals surface area contributed by atoms with Gasteiger partial charge in [0, 0.05) is 30.3 Å². The molecule has 5 aliphatic carbocycles. The van der Waals surface area contributed by atoms with E-state index in [2.05, 4.69) is 68.5 Å². The predicted octanol–water partition coefficient (Wildman–Crippen LogP) is 8.47. The molecule has 11 nitrogen and oxygen atoms in total. The van der Waals surface area contributed by atoms with Crippen molar-refractivity contribution in [2.45, 2.75) is 145 Å². The number of hydrogen-bond acceptors (Lipinski definition) is 9. The van der Waals surface area contributed by atoms with Crippen LogP contribution in [0.1, 0.15) is 138 Å². The van der Waals surface area contributed by atoms with Gasteiger partial charge in [-0.3, -0.25) is 14.4 Å². The van der Waals surface area contributed by atoms with Gasteiger partial charge in [0.25, 0.3) is 0 Å². The SMILES string of the molecule is CC(C)C1=C2[C@H]3CC[C@@H]4[C@@]5(C)CC[C@H](OC(=O)CC(C)(C)C(=O)O)C(C)(C)[C@@H]5CC[C@@]4(C)[C@]3(C)CC[C@@]2([C@@H](O)c2nnc(-c3ccc(F)cn3)n2CCN(C)C)CC1=O. The molecular weight excluding hydrogens is 750 g/mol. The molecule has 2 aromatic rings. The summed E-state index contributed by atoms with van der Waals surface area (Å²) in [5.41, 5.74) is 0.0159. The molecular formula is C47H68FN5O6. The second-order valence-electron chi connectivity index (χ2n) is 21.7. The highest BCUT2D eigenvalue weighted by atomic mass is 19.1. The monoisotopic (exact) mass is 818 g/mol. The first-order valence-corrected chi connectivity index (χ1v) is 22.0. The molecule has 5 aliphatic rings. The zero-order chi connectivity index (χ0) is 43.2. The molecule has 0 aliphatic heterocycles. The predicted molar refractivity (Wildman–Crippen MR) is 222 cm³/mol. The summed E-state index contributed by atoms with van der Waals surface area (Å²) in [7, 11) is 3.97. The van der Waals surface area contributed by atoms with Crippen LogP contribution in [0.3, 0.4) is 0 Å². The molecule has 0 spiro atoms. The number of aromatic nitrogens is 4. The first-order valence-electron chi connectivity index (χ1n) is 22.0. The first-order chi connectivity index (χ1) is 27.4. The maximum atomic E-state index is 14.4. The van der Waals surface area contributed by atoms with E-state index in [4.69, 9.17) is 4.74 Å². The van der Waals surface area contributed by atoms with Crippen LogP contribution in [0.5, 0.6) is 0 Å². The Hall–Kier alpha value is -3.51. The summed E-state index contributed by atoms with van der Waals surface area (Å²) in [4.78, 5) is 45.8. The fourth-order valence-corrected chi connectivity index (χ4v) is 13.8. The number of ether oxygens (including phenoxy) is 1. The molecule has 324 valence electrons. The Bertz CT molecular complexity index is 2020. The summed E-state index contributed by atoms with van der Waals surface area (Å²) in [6.45, 7) is 20.5. The topological polar surface area (TPSA) is 148 Å². The van der Waals surface area contributed by atoms with Gasteiger partial charge in [-0.2, -0.15) is 0 Å². The molecule has 0 unspecified atom stereocenters. The molecule has 2 heterocycles. The number of carboxylic acids is 1. The molecule has 0 bridgehead atoms. The molecule has 0 aromatic carbocycles. The number of carbonyl (C=O) groups excluding carboxylic acids is 2. The van der Waals surface area contributed by atoms with Crippen LogP contribution in [-0.2, 0) is 25.7 Å². The van der Waals surface area contributed by atoms with Gasteiger partial charge < -0.3 is 24.4 Å². The van der Waals surface area contributed by atoms with Crippen LogP contribution in [0.4, 0.5) is 4.39 Å². The van der Waals surface area contributed by atoms with Crippen molar-refractivity contribution in [3.8, 4) is 11.5 Å². The van der Waals surface area contributed by atoms with Crippen molar-refractivity contribution in [3.05, 3.63) is 41.1 Å². The van der Waals surface area contributed by atoms with Gasteiger partial charge in [0.05, 0.1) is 18.0 Å². The maximum Gasteiger partial charge on any atom is 0.309 e. The Kier molecular flexibility index (Phi) is 11.0. The van der Waals surface area contributed by atoms with Gasteiger partial charge in [0.15, 0.2) is 17.4 Å². The number of hydrogen-bond donors (Lipinski definition) is 2. The molecule has 4 saturated carbocycles. The first kappa shape index (κ1) is 43.6. The molecule has 9 atom stereocenters. The zero-order valence-electron chi connectivity index (χ0n) is 37.3. The highest BCUT2D eigenvalue weighted by Crippen LogP contribution is 2.77. The highest BCUT2D eigenvalue weighted by molar-refractivity contribution is 6.00. The highest BCUT2D eigenvalue weighted by Gasteiger charge is 2.71. The average molecular weight is 818 g/mol. The van der Waals surface area contributed by atoms with Crippen LogP contribution in [-0.4, -0.2) is 79.3 Å². The van der Waals surface area contributed by atoms with Crippen LogP contribution in [0.15, 0.2) is 29.5 Å². The zero-order valence-corrected chi connectivity index (χ0v) is 37.3. The van der Waals surface area contributed by atoms with Crippen LogP contribution in [0.25, 0.3) is 11.5 Å². The molecule has 12 heteroatoms. The Morgan fingerprint density at radius 1 is 0.983 bits per heavy atom. The van der Waals surface area contributed by atoms with E-state index in [0.29, 0.717) is 48.7 Å². The van der Waals surface area contributed by atoms with Gasteiger partial charge >= 0.3 is 11.9 Å². The lowest BCUT2D eigenvalue weighted by atomic mass is 9.33. The number of nitrogens with zero attached hydrogens (tertiary/aromatic N) is 5. The lowest BCUT2D eigenvalue weighted by molar-refractivity contribution is -0.235. The number of aliphatic carboxylic acids is 1. The number of rotatable bonds is 11. The minimum Gasteiger partial charge on any atom is -0.481 e. The van der Waals surface area contributed by atoms with Crippen molar-refractivity contribution in [2.75, 3.05) is 20.6 Å². The smallest absolute Gasteiger partial charge is 0.309 e. The third-order valence-electron chi connectivity index (χ3n) is 17.1. The minimum absolute atomic E-state index is 0.00171. The van der Waals surface area contributed by atoms with Crippen LogP contribution in [0.2, 0.25) is 0 Å². The van der Waals surface area contributed by atoms with Crippen molar-refractivity contribution in [2.24, 2.45) is 56.2 Å². The lowest BCUT2D eigenvalue weighted by Crippen LogP contribution is -2.66. The summed E-state index contributed by atoms with van der Waals surface area (Å²) in [5, 5.41) is 31.8. The Morgan fingerprint density at radius 2 is 1.69 bits per heavy atom. The molecule has 4 fully saturated rings. The summed E-state index contributed by atoms with van der Waals surface area (Å²) >= 11 is 0. The molecule has 0 saturated heterocycles. The quantitative estimate of drug-likeness (QED) is 0.212. The van der Waals surface area contributed by atoms with Gasteiger partial charge in [-0.05, 0) is 143 Å². The number of carbonyl (C=O) groups is 3. The summed E-state index contributed by atoms with van der Waals surface area (Å²) in [6, 6.07) is 2.94. The van der Waals surface area contributed by atoms with Gasteiger partial charge in [0.2, 0.25) is 0 Å². The molecule has 2 aromatic heterocycles. The van der Waals surface area contributed by atoms with E-state index in [1.54, 1.807) is 19.9 Å². The van der Waals surface area contributed by atoms with Crippen LogP contribution < -0.4 is 0 Å². The molecule has 0 radical (unpaired) electrons. The number of ketones is 1. The lowest BCUT2D eigenvalue weighted by Gasteiger charge is -2.72. The van der Waals surface area contributed by atoms with E-state index in [-0.39, 0.29) is 58.2 Å². The van der Waals surface area contributed by atoms with E-state index in [9.17, 15) is 29.0 Å². The number of aliphatic hydroxyl groups is 1. The van der Waals surface area contributed by atoms with Crippen LogP contribution >= 0.6 is 0 Å². The maximum absolute atomic E-state index is 14.4. The fourth-order valence-electron chi connectivity index (χ4n) is 13.8. The number of allylic oxidation sites excluding steroid dienone is 1. The minimum atomic E-state index is -1.19. The van der Waals surface area contributed by atoms with Crippen molar-refractivity contribution in [3.63, 3.8) is 0 Å².